The predicted molar refractivity (Wildman–Crippen MR) is 73.6 cm³/mol. The summed E-state index contributed by atoms with van der Waals surface area (Å²) < 4.78 is 0. The van der Waals surface area contributed by atoms with Crippen LogP contribution in [0.3, 0.4) is 0 Å². The molecule has 0 bridgehead atoms. The highest BCUT2D eigenvalue weighted by Gasteiger charge is 1.92. The molecule has 0 unspecified atom stereocenters. The van der Waals surface area contributed by atoms with Gasteiger partial charge in [-0.3, -0.25) is 4.79 Å². The van der Waals surface area contributed by atoms with Crippen LogP contribution < -0.4 is 0 Å². The monoisotopic (exact) mass is 242 g/mol. The average Bonchev–Trinajstić information content (AvgIpc) is 2.42. The van der Waals surface area contributed by atoms with Crippen molar-refractivity contribution in [2.75, 3.05) is 0 Å². The van der Waals surface area contributed by atoms with Crippen molar-refractivity contribution in [2.45, 2.75) is 19.8 Å². The molecule has 0 saturated carbocycles. The molecule has 0 fully saturated rings. The van der Waals surface area contributed by atoms with Crippen LogP contribution in [-0.2, 0) is 11.2 Å². The van der Waals surface area contributed by atoms with E-state index in [0.29, 0.717) is 0 Å². The van der Waals surface area contributed by atoms with Gasteiger partial charge in [-0.1, -0.05) is 67.6 Å². The van der Waals surface area contributed by atoms with Gasteiger partial charge in [-0.05, 0) is 17.5 Å². The summed E-state index contributed by atoms with van der Waals surface area (Å²) in [5, 5.41) is 7.72. The molecule has 18 heavy (non-hydrogen) atoms. The lowest BCUT2D eigenvalue weighted by molar-refractivity contribution is -0.136. The van der Waals surface area contributed by atoms with E-state index in [1.165, 1.54) is 11.1 Å². The minimum absolute atomic E-state index is 0.222. The van der Waals surface area contributed by atoms with Gasteiger partial charge in [0.2, 0.25) is 0 Å². The third kappa shape index (κ3) is 5.85. The van der Waals surface area contributed by atoms with Gasteiger partial charge in [0.15, 0.2) is 0 Å². The summed E-state index contributed by atoms with van der Waals surface area (Å²) in [5.74, 6) is -0.745. The molecule has 0 aromatic heterocycles. The minimum atomic E-state index is -0.745. The summed E-state index contributed by atoms with van der Waals surface area (Å²) >= 11 is 0. The lowest BCUT2D eigenvalue weighted by atomic mass is 10.1. The smallest absolute Gasteiger partial charge is 0.303 e. The van der Waals surface area contributed by atoms with Gasteiger partial charge in [0, 0.05) is 6.42 Å². The van der Waals surface area contributed by atoms with E-state index in [9.17, 15) is 4.79 Å². The summed E-state index contributed by atoms with van der Waals surface area (Å²) in [6.45, 7) is 1.60. The van der Waals surface area contributed by atoms with E-state index in [4.69, 9.17) is 5.11 Å². The second kappa shape index (κ2) is 8.07. The van der Waals surface area contributed by atoms with Crippen LogP contribution in [0.2, 0.25) is 0 Å². The maximum Gasteiger partial charge on any atom is 0.303 e. The predicted octanol–water partition coefficient (Wildman–Crippen LogP) is 3.76. The SMILES string of the molecule is CCC(=O)O.c1ccc(Cc2ccccc2)cc1. The molecule has 94 valence electrons. The number of carboxylic acid groups (broad SMARTS) is 1. The van der Waals surface area contributed by atoms with Crippen LogP contribution in [0.25, 0.3) is 0 Å². The van der Waals surface area contributed by atoms with Gasteiger partial charge in [-0.2, -0.15) is 0 Å². The van der Waals surface area contributed by atoms with E-state index < -0.39 is 5.97 Å². The number of hydrogen-bond acceptors (Lipinski definition) is 1. The highest BCUT2D eigenvalue weighted by Crippen LogP contribution is 2.07. The van der Waals surface area contributed by atoms with E-state index in [1.807, 2.05) is 0 Å². The summed E-state index contributed by atoms with van der Waals surface area (Å²) in [7, 11) is 0. The fraction of sp³-hybridized carbons (Fsp3) is 0.188. The molecular formula is C16H18O2. The fourth-order valence-electron chi connectivity index (χ4n) is 1.43. The zero-order valence-corrected chi connectivity index (χ0v) is 10.5. The standard InChI is InChI=1S/C13H12.C3H6O2/c1-3-7-12(8-4-1)11-13-9-5-2-6-10-13;1-2-3(4)5/h1-10H,11H2;2H2,1H3,(H,4,5). The Bertz CT molecular complexity index is 412. The molecule has 0 heterocycles. The maximum absolute atomic E-state index is 9.37. The first kappa shape index (κ1) is 14.0. The summed E-state index contributed by atoms with van der Waals surface area (Å²) in [5.41, 5.74) is 2.74. The van der Waals surface area contributed by atoms with Crippen molar-refractivity contribution in [1.29, 1.82) is 0 Å². The highest BCUT2D eigenvalue weighted by molar-refractivity contribution is 5.66. The number of aliphatic carboxylic acids is 1. The number of hydrogen-bond donors (Lipinski definition) is 1. The average molecular weight is 242 g/mol. The van der Waals surface area contributed by atoms with Crippen molar-refractivity contribution in [1.82, 2.24) is 0 Å². The topological polar surface area (TPSA) is 37.3 Å². The summed E-state index contributed by atoms with van der Waals surface area (Å²) in [6.07, 6.45) is 1.25. The van der Waals surface area contributed by atoms with Crippen LogP contribution in [0.4, 0.5) is 0 Å². The second-order valence-electron chi connectivity index (χ2n) is 3.90. The van der Waals surface area contributed by atoms with E-state index >= 15 is 0 Å². The van der Waals surface area contributed by atoms with Crippen LogP contribution in [0, 0.1) is 0 Å². The van der Waals surface area contributed by atoms with Gasteiger partial charge in [0.05, 0.1) is 0 Å². The summed E-state index contributed by atoms with van der Waals surface area (Å²) in [4.78, 5) is 9.37. The number of carbonyl (C=O) groups is 1. The van der Waals surface area contributed by atoms with Gasteiger partial charge in [-0.15, -0.1) is 0 Å². The maximum atomic E-state index is 9.37. The molecule has 0 atom stereocenters. The van der Waals surface area contributed by atoms with Gasteiger partial charge >= 0.3 is 5.97 Å². The van der Waals surface area contributed by atoms with Crippen LogP contribution in [0.5, 0.6) is 0 Å². The Morgan fingerprint density at radius 2 is 1.22 bits per heavy atom. The Morgan fingerprint density at radius 3 is 1.50 bits per heavy atom. The first-order valence-electron chi connectivity index (χ1n) is 6.02. The zero-order chi connectivity index (χ0) is 13.2. The van der Waals surface area contributed by atoms with Gasteiger partial charge in [-0.25, -0.2) is 0 Å². The van der Waals surface area contributed by atoms with Crippen molar-refractivity contribution in [3.63, 3.8) is 0 Å². The second-order valence-corrected chi connectivity index (χ2v) is 3.90. The number of rotatable bonds is 3. The van der Waals surface area contributed by atoms with E-state index in [2.05, 4.69) is 60.7 Å². The Labute approximate surface area is 108 Å². The van der Waals surface area contributed by atoms with Crippen LogP contribution in [0.15, 0.2) is 60.7 Å². The van der Waals surface area contributed by atoms with E-state index in [0.717, 1.165) is 6.42 Å². The summed E-state index contributed by atoms with van der Waals surface area (Å²) in [6, 6.07) is 21.1. The first-order valence-corrected chi connectivity index (χ1v) is 6.02. The molecule has 2 heteroatoms. The molecule has 2 aromatic carbocycles. The van der Waals surface area contributed by atoms with Crippen molar-refractivity contribution in [3.05, 3.63) is 71.8 Å². The zero-order valence-electron chi connectivity index (χ0n) is 10.5. The van der Waals surface area contributed by atoms with E-state index in [1.54, 1.807) is 6.92 Å². The molecule has 2 nitrogen and oxygen atoms in total. The quantitative estimate of drug-likeness (QED) is 0.889. The molecule has 0 aliphatic carbocycles. The van der Waals surface area contributed by atoms with E-state index in [-0.39, 0.29) is 6.42 Å². The lowest BCUT2D eigenvalue weighted by Crippen LogP contribution is -1.86. The Hall–Kier alpha value is -2.09. The molecule has 1 N–H and O–H groups in total. The molecule has 0 saturated heterocycles. The molecule has 0 amide bonds. The Morgan fingerprint density at radius 1 is 0.889 bits per heavy atom. The molecule has 0 aliphatic heterocycles. The fourth-order valence-corrected chi connectivity index (χ4v) is 1.43. The van der Waals surface area contributed by atoms with Crippen LogP contribution in [0.1, 0.15) is 24.5 Å². The Balaban J connectivity index is 0.000000280. The van der Waals surface area contributed by atoms with Crippen molar-refractivity contribution >= 4 is 5.97 Å². The number of carboxylic acids is 1. The van der Waals surface area contributed by atoms with Gasteiger partial charge in [0.25, 0.3) is 0 Å². The molecule has 2 aromatic rings. The molecule has 0 radical (unpaired) electrons. The largest absolute Gasteiger partial charge is 0.481 e. The third-order valence-electron chi connectivity index (χ3n) is 2.40. The highest BCUT2D eigenvalue weighted by atomic mass is 16.4. The molecular weight excluding hydrogens is 224 g/mol. The van der Waals surface area contributed by atoms with Crippen LogP contribution >= 0.6 is 0 Å². The third-order valence-corrected chi connectivity index (χ3v) is 2.40. The first-order chi connectivity index (χ1) is 8.72. The molecule has 0 aliphatic rings. The normalized spacial score (nSPS) is 9.17. The lowest BCUT2D eigenvalue weighted by Gasteiger charge is -2.00. The Kier molecular flexibility index (Phi) is 6.26. The van der Waals surface area contributed by atoms with Crippen molar-refractivity contribution in [3.8, 4) is 0 Å². The van der Waals surface area contributed by atoms with Crippen LogP contribution in [-0.4, -0.2) is 11.1 Å². The van der Waals surface area contributed by atoms with Gasteiger partial charge < -0.3 is 5.11 Å². The number of benzene rings is 2. The molecule has 2 rings (SSSR count). The van der Waals surface area contributed by atoms with Crippen molar-refractivity contribution in [2.24, 2.45) is 0 Å². The minimum Gasteiger partial charge on any atom is -0.481 e. The molecule has 0 spiro atoms. The van der Waals surface area contributed by atoms with Gasteiger partial charge in [0.1, 0.15) is 0 Å². The van der Waals surface area contributed by atoms with Crippen molar-refractivity contribution < 1.29 is 9.90 Å².